The third-order valence-corrected chi connectivity index (χ3v) is 5.13. The molecule has 1 aliphatic rings. The Kier molecular flexibility index (Phi) is 3.73. The Balaban J connectivity index is 1.72. The molecule has 1 heterocycles. The maximum Gasteiger partial charge on any atom is 0.0961 e. The van der Waals surface area contributed by atoms with Crippen LogP contribution in [0.1, 0.15) is 40.3 Å². The number of aromatic nitrogens is 2. The van der Waals surface area contributed by atoms with Gasteiger partial charge in [0.2, 0.25) is 0 Å². The fourth-order valence-corrected chi connectivity index (χ4v) is 3.71. The lowest BCUT2D eigenvalue weighted by Crippen LogP contribution is -2.03. The van der Waals surface area contributed by atoms with Gasteiger partial charge in [0.25, 0.3) is 0 Å². The van der Waals surface area contributed by atoms with Gasteiger partial charge in [-0.2, -0.15) is 0 Å². The second kappa shape index (κ2) is 5.91. The molecule has 4 rings (SSSR count). The van der Waals surface area contributed by atoms with E-state index in [1.807, 2.05) is 12.4 Å². The van der Waals surface area contributed by atoms with Gasteiger partial charge in [-0.25, -0.2) is 4.98 Å². The summed E-state index contributed by atoms with van der Waals surface area (Å²) in [5.74, 6) is 0. The molecule has 122 valence electrons. The van der Waals surface area contributed by atoms with Crippen molar-refractivity contribution in [2.24, 2.45) is 0 Å². The molecule has 1 atom stereocenters. The first kappa shape index (κ1) is 15.2. The molecule has 3 aromatic rings. The number of ether oxygens (including phenoxy) is 1. The maximum atomic E-state index is 5.60. The van der Waals surface area contributed by atoms with Crippen LogP contribution in [0.2, 0.25) is 0 Å². The van der Waals surface area contributed by atoms with Crippen LogP contribution in [-0.2, 0) is 17.7 Å². The lowest BCUT2D eigenvalue weighted by molar-refractivity contribution is 0.105. The number of benzene rings is 2. The van der Waals surface area contributed by atoms with Gasteiger partial charge >= 0.3 is 0 Å². The topological polar surface area (TPSA) is 27.1 Å². The summed E-state index contributed by atoms with van der Waals surface area (Å²) in [4.78, 5) is 4.53. The van der Waals surface area contributed by atoms with Crippen molar-refractivity contribution in [3.63, 3.8) is 0 Å². The molecule has 2 aromatic carbocycles. The molecule has 1 unspecified atom stereocenters. The summed E-state index contributed by atoms with van der Waals surface area (Å²) in [6, 6.07) is 10.9. The van der Waals surface area contributed by atoms with Crippen LogP contribution >= 0.6 is 0 Å². The molecule has 3 nitrogen and oxygen atoms in total. The van der Waals surface area contributed by atoms with Gasteiger partial charge in [-0.15, -0.1) is 0 Å². The van der Waals surface area contributed by atoms with Gasteiger partial charge < -0.3 is 9.30 Å². The van der Waals surface area contributed by atoms with Crippen molar-refractivity contribution in [2.45, 2.75) is 32.4 Å². The quantitative estimate of drug-likeness (QED) is 0.699. The van der Waals surface area contributed by atoms with Crippen LogP contribution < -0.4 is 0 Å². The molecule has 0 amide bonds. The minimum absolute atomic E-state index is 0.261. The molecule has 24 heavy (non-hydrogen) atoms. The average Bonchev–Trinajstić information content (AvgIpc) is 3.18. The minimum atomic E-state index is 0.261. The zero-order chi connectivity index (χ0) is 16.7. The first-order valence-electron chi connectivity index (χ1n) is 8.42. The summed E-state index contributed by atoms with van der Waals surface area (Å²) in [6.45, 7) is 6.89. The zero-order valence-electron chi connectivity index (χ0n) is 14.2. The van der Waals surface area contributed by atoms with Crippen molar-refractivity contribution in [2.75, 3.05) is 7.11 Å². The van der Waals surface area contributed by atoms with Crippen LogP contribution in [0.3, 0.4) is 0 Å². The van der Waals surface area contributed by atoms with E-state index in [0.717, 1.165) is 36.0 Å². The highest BCUT2D eigenvalue weighted by Crippen LogP contribution is 2.35. The monoisotopic (exact) mass is 318 g/mol. The van der Waals surface area contributed by atoms with E-state index < -0.39 is 0 Å². The van der Waals surface area contributed by atoms with E-state index in [-0.39, 0.29) is 6.10 Å². The first-order chi connectivity index (χ1) is 11.7. The number of methoxy groups -OCH3 is 1. The standard InChI is InChI=1S/C21H22N2O/c1-4-15-5-7-19-20(10-15)23(13-22-19)12-17-11-16-6-8-21(24-3)18(16)9-14(17)2/h4-5,7,9-11,13,21H,1,6,8,12H2,2-3H3. The van der Waals surface area contributed by atoms with E-state index in [1.165, 1.54) is 22.3 Å². The number of imidazole rings is 1. The van der Waals surface area contributed by atoms with Crippen LogP contribution in [0.5, 0.6) is 0 Å². The van der Waals surface area contributed by atoms with Crippen LogP contribution in [0.15, 0.2) is 43.2 Å². The third kappa shape index (κ3) is 2.45. The Labute approximate surface area is 142 Å². The fourth-order valence-electron chi connectivity index (χ4n) is 3.71. The van der Waals surface area contributed by atoms with Crippen molar-refractivity contribution in [1.82, 2.24) is 9.55 Å². The summed E-state index contributed by atoms with van der Waals surface area (Å²) in [5, 5.41) is 0. The van der Waals surface area contributed by atoms with Crippen LogP contribution in [0.4, 0.5) is 0 Å². The van der Waals surface area contributed by atoms with Gasteiger partial charge in [-0.05, 0) is 59.7 Å². The van der Waals surface area contributed by atoms with Gasteiger partial charge in [0.05, 0.1) is 23.5 Å². The average molecular weight is 318 g/mol. The van der Waals surface area contributed by atoms with Crippen LogP contribution in [0, 0.1) is 6.92 Å². The second-order valence-corrected chi connectivity index (χ2v) is 6.57. The predicted molar refractivity (Wildman–Crippen MR) is 98.2 cm³/mol. The Morgan fingerprint density at radius 3 is 3.00 bits per heavy atom. The SMILES string of the molecule is C=Cc1ccc2ncn(Cc3cc4c(cc3C)C(OC)CC4)c2c1. The van der Waals surface area contributed by atoms with Gasteiger partial charge in [-0.1, -0.05) is 30.9 Å². The molecule has 0 N–H and O–H groups in total. The van der Waals surface area contributed by atoms with Crippen LogP contribution in [-0.4, -0.2) is 16.7 Å². The maximum absolute atomic E-state index is 5.60. The third-order valence-electron chi connectivity index (χ3n) is 5.13. The normalized spacial score (nSPS) is 16.5. The molecule has 0 bridgehead atoms. The number of rotatable bonds is 4. The van der Waals surface area contributed by atoms with Gasteiger partial charge in [0.15, 0.2) is 0 Å². The molecule has 3 heteroatoms. The summed E-state index contributed by atoms with van der Waals surface area (Å²) >= 11 is 0. The number of fused-ring (bicyclic) bond motifs is 2. The zero-order valence-corrected chi connectivity index (χ0v) is 14.2. The summed E-state index contributed by atoms with van der Waals surface area (Å²) in [5.41, 5.74) is 8.77. The van der Waals surface area contributed by atoms with E-state index in [2.05, 4.69) is 53.4 Å². The van der Waals surface area contributed by atoms with Crippen molar-refractivity contribution >= 4 is 17.1 Å². The van der Waals surface area contributed by atoms with E-state index in [4.69, 9.17) is 4.74 Å². The highest BCUT2D eigenvalue weighted by Gasteiger charge is 2.23. The van der Waals surface area contributed by atoms with Gasteiger partial charge in [-0.3, -0.25) is 0 Å². The molecule has 0 saturated heterocycles. The number of hydrogen-bond acceptors (Lipinski definition) is 2. The minimum Gasteiger partial charge on any atom is -0.377 e. The number of aryl methyl sites for hydroxylation is 2. The Hall–Kier alpha value is -2.39. The highest BCUT2D eigenvalue weighted by atomic mass is 16.5. The summed E-state index contributed by atoms with van der Waals surface area (Å²) in [6.07, 6.45) is 6.26. The van der Waals surface area contributed by atoms with E-state index in [0.29, 0.717) is 0 Å². The summed E-state index contributed by atoms with van der Waals surface area (Å²) < 4.78 is 7.82. The molecule has 0 aliphatic heterocycles. The van der Waals surface area contributed by atoms with Gasteiger partial charge in [0, 0.05) is 13.7 Å². The number of nitrogens with zero attached hydrogens (tertiary/aromatic N) is 2. The van der Waals surface area contributed by atoms with Crippen molar-refractivity contribution < 1.29 is 4.74 Å². The molecular weight excluding hydrogens is 296 g/mol. The Morgan fingerprint density at radius 1 is 1.33 bits per heavy atom. The van der Waals surface area contributed by atoms with E-state index in [1.54, 1.807) is 7.11 Å². The largest absolute Gasteiger partial charge is 0.377 e. The molecular formula is C21H22N2O. The predicted octanol–water partition coefficient (Wildman–Crippen LogP) is 4.67. The van der Waals surface area contributed by atoms with E-state index in [9.17, 15) is 0 Å². The highest BCUT2D eigenvalue weighted by molar-refractivity contribution is 5.78. The Bertz CT molecular complexity index is 923. The lowest BCUT2D eigenvalue weighted by Gasteiger charge is -2.14. The van der Waals surface area contributed by atoms with E-state index >= 15 is 0 Å². The molecule has 0 radical (unpaired) electrons. The smallest absolute Gasteiger partial charge is 0.0961 e. The molecule has 0 spiro atoms. The fraction of sp³-hybridized carbons (Fsp3) is 0.286. The van der Waals surface area contributed by atoms with Crippen molar-refractivity contribution in [3.8, 4) is 0 Å². The number of hydrogen-bond donors (Lipinski definition) is 0. The molecule has 0 saturated carbocycles. The summed E-state index contributed by atoms with van der Waals surface area (Å²) in [7, 11) is 1.80. The molecule has 1 aromatic heterocycles. The van der Waals surface area contributed by atoms with Crippen molar-refractivity contribution in [1.29, 1.82) is 0 Å². The van der Waals surface area contributed by atoms with Crippen molar-refractivity contribution in [3.05, 3.63) is 71.1 Å². The lowest BCUT2D eigenvalue weighted by atomic mass is 10.00. The first-order valence-corrected chi connectivity index (χ1v) is 8.42. The molecule has 1 aliphatic carbocycles. The second-order valence-electron chi connectivity index (χ2n) is 6.57. The Morgan fingerprint density at radius 2 is 2.21 bits per heavy atom. The van der Waals surface area contributed by atoms with Gasteiger partial charge in [0.1, 0.15) is 0 Å². The van der Waals surface area contributed by atoms with Crippen LogP contribution in [0.25, 0.3) is 17.1 Å². The molecule has 0 fully saturated rings.